The van der Waals surface area contributed by atoms with Crippen molar-refractivity contribution in [3.63, 3.8) is 0 Å². The normalized spacial score (nSPS) is 10.1. The summed E-state index contributed by atoms with van der Waals surface area (Å²) in [5, 5.41) is 2.85. The molecule has 0 atom stereocenters. The topological polar surface area (TPSA) is 77.2 Å². The van der Waals surface area contributed by atoms with Crippen molar-refractivity contribution in [3.05, 3.63) is 53.3 Å². The SMILES string of the molecule is COc1ccc(C(=O)NCc2ccncc2C)c(N)c1. The maximum absolute atomic E-state index is 12.1. The number of methoxy groups -OCH3 is 1. The molecule has 0 unspecified atom stereocenters. The minimum absolute atomic E-state index is 0.207. The zero-order valence-electron chi connectivity index (χ0n) is 11.5. The molecule has 1 aromatic heterocycles. The van der Waals surface area contributed by atoms with E-state index in [0.29, 0.717) is 23.5 Å². The largest absolute Gasteiger partial charge is 0.497 e. The lowest BCUT2D eigenvalue weighted by molar-refractivity contribution is 0.0951. The van der Waals surface area contributed by atoms with Crippen molar-refractivity contribution in [2.24, 2.45) is 0 Å². The van der Waals surface area contributed by atoms with Gasteiger partial charge in [-0.25, -0.2) is 0 Å². The molecule has 0 radical (unpaired) electrons. The number of anilines is 1. The number of benzene rings is 1. The van der Waals surface area contributed by atoms with Crippen molar-refractivity contribution in [1.29, 1.82) is 0 Å². The molecule has 0 aliphatic rings. The fourth-order valence-electron chi connectivity index (χ4n) is 1.85. The summed E-state index contributed by atoms with van der Waals surface area (Å²) in [7, 11) is 1.56. The lowest BCUT2D eigenvalue weighted by atomic mass is 10.1. The first kappa shape index (κ1) is 13.9. The molecule has 1 amide bonds. The monoisotopic (exact) mass is 271 g/mol. The van der Waals surface area contributed by atoms with Gasteiger partial charge < -0.3 is 15.8 Å². The van der Waals surface area contributed by atoms with Crippen LogP contribution in [0.15, 0.2) is 36.7 Å². The first-order valence-electron chi connectivity index (χ1n) is 6.23. The fraction of sp³-hybridized carbons (Fsp3) is 0.200. The summed E-state index contributed by atoms with van der Waals surface area (Å²) in [6.45, 7) is 2.40. The van der Waals surface area contributed by atoms with E-state index in [0.717, 1.165) is 11.1 Å². The molecule has 104 valence electrons. The molecular weight excluding hydrogens is 254 g/mol. The van der Waals surface area contributed by atoms with Gasteiger partial charge in [-0.2, -0.15) is 0 Å². The van der Waals surface area contributed by atoms with Crippen LogP contribution in [0.1, 0.15) is 21.5 Å². The molecule has 2 rings (SSSR count). The fourth-order valence-corrected chi connectivity index (χ4v) is 1.85. The number of hydrogen-bond donors (Lipinski definition) is 2. The van der Waals surface area contributed by atoms with Crippen molar-refractivity contribution in [3.8, 4) is 5.75 Å². The lowest BCUT2D eigenvalue weighted by Crippen LogP contribution is -2.24. The van der Waals surface area contributed by atoms with E-state index in [9.17, 15) is 4.79 Å². The number of nitrogen functional groups attached to an aromatic ring is 1. The van der Waals surface area contributed by atoms with E-state index >= 15 is 0 Å². The third kappa shape index (κ3) is 3.06. The van der Waals surface area contributed by atoms with Crippen molar-refractivity contribution < 1.29 is 9.53 Å². The molecule has 5 nitrogen and oxygen atoms in total. The number of aromatic nitrogens is 1. The number of ether oxygens (including phenoxy) is 1. The number of carbonyl (C=O) groups is 1. The van der Waals surface area contributed by atoms with Crippen LogP contribution in [0.4, 0.5) is 5.69 Å². The van der Waals surface area contributed by atoms with E-state index in [1.165, 1.54) is 0 Å². The number of nitrogens with two attached hydrogens (primary N) is 1. The molecule has 0 aliphatic heterocycles. The number of hydrogen-bond acceptors (Lipinski definition) is 4. The molecular formula is C15H17N3O2. The minimum Gasteiger partial charge on any atom is -0.497 e. The number of carbonyl (C=O) groups excluding carboxylic acids is 1. The molecule has 0 spiro atoms. The van der Waals surface area contributed by atoms with Gasteiger partial charge in [0.15, 0.2) is 0 Å². The van der Waals surface area contributed by atoms with Crippen LogP contribution < -0.4 is 15.8 Å². The van der Waals surface area contributed by atoms with Gasteiger partial charge in [0.05, 0.1) is 12.7 Å². The van der Waals surface area contributed by atoms with Crippen molar-refractivity contribution in [2.45, 2.75) is 13.5 Å². The van der Waals surface area contributed by atoms with Gasteiger partial charge in [0.1, 0.15) is 5.75 Å². The Kier molecular flexibility index (Phi) is 4.20. The Labute approximate surface area is 117 Å². The Morgan fingerprint density at radius 1 is 1.40 bits per heavy atom. The molecule has 0 fully saturated rings. The second-order valence-corrected chi connectivity index (χ2v) is 4.44. The second-order valence-electron chi connectivity index (χ2n) is 4.44. The van der Waals surface area contributed by atoms with Crippen molar-refractivity contribution in [2.75, 3.05) is 12.8 Å². The highest BCUT2D eigenvalue weighted by molar-refractivity contribution is 5.99. The van der Waals surface area contributed by atoms with Crippen LogP contribution in [-0.2, 0) is 6.54 Å². The Morgan fingerprint density at radius 3 is 2.85 bits per heavy atom. The number of rotatable bonds is 4. The standard InChI is InChI=1S/C15H17N3O2/c1-10-8-17-6-5-11(10)9-18-15(19)13-4-3-12(20-2)7-14(13)16/h3-8H,9,16H2,1-2H3,(H,18,19). The maximum atomic E-state index is 12.1. The van der Waals surface area contributed by atoms with Gasteiger partial charge in [-0.1, -0.05) is 0 Å². The van der Waals surface area contributed by atoms with Gasteiger partial charge >= 0.3 is 0 Å². The highest BCUT2D eigenvalue weighted by atomic mass is 16.5. The number of aryl methyl sites for hydroxylation is 1. The zero-order chi connectivity index (χ0) is 14.5. The summed E-state index contributed by atoms with van der Waals surface area (Å²) in [5.41, 5.74) is 8.75. The van der Waals surface area contributed by atoms with Gasteiger partial charge in [-0.05, 0) is 36.2 Å². The average molecular weight is 271 g/mol. The highest BCUT2D eigenvalue weighted by Crippen LogP contribution is 2.19. The van der Waals surface area contributed by atoms with E-state index in [1.54, 1.807) is 37.7 Å². The Hall–Kier alpha value is -2.56. The van der Waals surface area contributed by atoms with E-state index in [4.69, 9.17) is 10.5 Å². The summed E-state index contributed by atoms with van der Waals surface area (Å²) in [6.07, 6.45) is 3.47. The van der Waals surface area contributed by atoms with E-state index < -0.39 is 0 Å². The highest BCUT2D eigenvalue weighted by Gasteiger charge is 2.10. The van der Waals surface area contributed by atoms with Crippen LogP contribution in [0.5, 0.6) is 5.75 Å². The molecule has 2 aromatic rings. The summed E-state index contributed by atoms with van der Waals surface area (Å²) < 4.78 is 5.06. The molecule has 5 heteroatoms. The van der Waals surface area contributed by atoms with Crippen LogP contribution in [-0.4, -0.2) is 18.0 Å². The van der Waals surface area contributed by atoms with Gasteiger partial charge in [-0.15, -0.1) is 0 Å². The van der Waals surface area contributed by atoms with Crippen LogP contribution >= 0.6 is 0 Å². The number of nitrogens with one attached hydrogen (secondary N) is 1. The Balaban J connectivity index is 2.07. The molecule has 1 aromatic carbocycles. The van der Waals surface area contributed by atoms with Gasteiger partial charge in [0, 0.05) is 30.7 Å². The molecule has 0 bridgehead atoms. The Morgan fingerprint density at radius 2 is 2.20 bits per heavy atom. The second kappa shape index (κ2) is 6.06. The average Bonchev–Trinajstić information content (AvgIpc) is 2.46. The van der Waals surface area contributed by atoms with Crippen molar-refractivity contribution in [1.82, 2.24) is 10.3 Å². The predicted octanol–water partition coefficient (Wildman–Crippen LogP) is 1.91. The summed E-state index contributed by atoms with van der Waals surface area (Å²) >= 11 is 0. The quantitative estimate of drug-likeness (QED) is 0.833. The van der Waals surface area contributed by atoms with Gasteiger partial charge in [0.2, 0.25) is 0 Å². The first-order valence-corrected chi connectivity index (χ1v) is 6.23. The lowest BCUT2D eigenvalue weighted by Gasteiger charge is -2.10. The number of amides is 1. The van der Waals surface area contributed by atoms with Crippen molar-refractivity contribution >= 4 is 11.6 Å². The first-order chi connectivity index (χ1) is 9.61. The van der Waals surface area contributed by atoms with E-state index in [-0.39, 0.29) is 5.91 Å². The molecule has 0 saturated carbocycles. The minimum atomic E-state index is -0.207. The smallest absolute Gasteiger partial charge is 0.253 e. The summed E-state index contributed by atoms with van der Waals surface area (Å²) in [4.78, 5) is 16.1. The van der Waals surface area contributed by atoms with Crippen LogP contribution in [0.25, 0.3) is 0 Å². The Bertz CT molecular complexity index is 626. The predicted molar refractivity (Wildman–Crippen MR) is 77.6 cm³/mol. The van der Waals surface area contributed by atoms with Gasteiger partial charge in [0.25, 0.3) is 5.91 Å². The van der Waals surface area contributed by atoms with Crippen LogP contribution in [0.3, 0.4) is 0 Å². The summed E-state index contributed by atoms with van der Waals surface area (Å²) in [6, 6.07) is 6.88. The molecule has 0 aliphatic carbocycles. The third-order valence-corrected chi connectivity index (χ3v) is 3.08. The number of pyridine rings is 1. The maximum Gasteiger partial charge on any atom is 0.253 e. The summed E-state index contributed by atoms with van der Waals surface area (Å²) in [5.74, 6) is 0.422. The van der Waals surface area contributed by atoms with E-state index in [2.05, 4.69) is 10.3 Å². The third-order valence-electron chi connectivity index (χ3n) is 3.08. The van der Waals surface area contributed by atoms with Crippen LogP contribution in [0.2, 0.25) is 0 Å². The van der Waals surface area contributed by atoms with Gasteiger partial charge in [-0.3, -0.25) is 9.78 Å². The molecule has 0 saturated heterocycles. The molecule has 20 heavy (non-hydrogen) atoms. The molecule has 3 N–H and O–H groups in total. The molecule has 1 heterocycles. The zero-order valence-corrected chi connectivity index (χ0v) is 11.5. The van der Waals surface area contributed by atoms with Crippen LogP contribution in [0, 0.1) is 6.92 Å². The number of nitrogens with zero attached hydrogens (tertiary/aromatic N) is 1. The van der Waals surface area contributed by atoms with E-state index in [1.807, 2.05) is 13.0 Å².